The van der Waals surface area contributed by atoms with E-state index in [4.69, 9.17) is 5.26 Å². The van der Waals surface area contributed by atoms with Crippen LogP contribution in [0.15, 0.2) is 6.20 Å². The van der Waals surface area contributed by atoms with Crippen molar-refractivity contribution >= 4 is 5.82 Å². The van der Waals surface area contributed by atoms with Crippen LogP contribution >= 0.6 is 0 Å². The molecule has 0 aromatic carbocycles. The van der Waals surface area contributed by atoms with Crippen molar-refractivity contribution in [3.63, 3.8) is 0 Å². The summed E-state index contributed by atoms with van der Waals surface area (Å²) in [6.07, 6.45) is 1.61. The highest BCUT2D eigenvalue weighted by Gasteiger charge is 2.24. The highest BCUT2D eigenvalue weighted by Crippen LogP contribution is 2.19. The summed E-state index contributed by atoms with van der Waals surface area (Å²) in [6, 6.07) is 2.97. The van der Waals surface area contributed by atoms with Crippen molar-refractivity contribution in [2.45, 2.75) is 32.9 Å². The standard InChI is InChI=1S/C12H17N5/c1-8-6-17(7-9(2)15-8)12-11(4-13)5-14-10(3)16-12/h5,8-9,15H,6-7H2,1-3H3. The summed E-state index contributed by atoms with van der Waals surface area (Å²) >= 11 is 0. The first-order valence-corrected chi connectivity index (χ1v) is 5.85. The largest absolute Gasteiger partial charge is 0.352 e. The molecule has 90 valence electrons. The Kier molecular flexibility index (Phi) is 3.25. The van der Waals surface area contributed by atoms with Crippen LogP contribution in [-0.2, 0) is 0 Å². The molecule has 1 aliphatic rings. The van der Waals surface area contributed by atoms with Crippen LogP contribution in [0.2, 0.25) is 0 Å². The van der Waals surface area contributed by atoms with E-state index in [9.17, 15) is 0 Å². The molecule has 2 rings (SSSR count). The molecule has 0 saturated carbocycles. The number of aromatic nitrogens is 2. The van der Waals surface area contributed by atoms with E-state index in [0.717, 1.165) is 18.9 Å². The Balaban J connectivity index is 2.33. The van der Waals surface area contributed by atoms with Crippen LogP contribution in [0.3, 0.4) is 0 Å². The molecular formula is C12H17N5. The second-order valence-electron chi connectivity index (χ2n) is 4.64. The average Bonchev–Trinajstić information content (AvgIpc) is 2.27. The summed E-state index contributed by atoms with van der Waals surface area (Å²) in [5, 5.41) is 12.6. The lowest BCUT2D eigenvalue weighted by Gasteiger charge is -2.37. The summed E-state index contributed by atoms with van der Waals surface area (Å²) < 4.78 is 0. The van der Waals surface area contributed by atoms with Crippen molar-refractivity contribution in [1.29, 1.82) is 5.26 Å². The lowest BCUT2D eigenvalue weighted by atomic mass is 10.1. The van der Waals surface area contributed by atoms with Gasteiger partial charge in [0.05, 0.1) is 6.20 Å². The van der Waals surface area contributed by atoms with Crippen molar-refractivity contribution < 1.29 is 0 Å². The Morgan fingerprint density at radius 3 is 2.65 bits per heavy atom. The predicted molar refractivity (Wildman–Crippen MR) is 65.8 cm³/mol. The number of rotatable bonds is 1. The normalized spacial score (nSPS) is 24.5. The van der Waals surface area contributed by atoms with E-state index >= 15 is 0 Å². The quantitative estimate of drug-likeness (QED) is 0.776. The van der Waals surface area contributed by atoms with Crippen molar-refractivity contribution in [1.82, 2.24) is 15.3 Å². The third-order valence-electron chi connectivity index (χ3n) is 2.87. The van der Waals surface area contributed by atoms with Gasteiger partial charge in [-0.25, -0.2) is 9.97 Å². The Morgan fingerprint density at radius 2 is 2.06 bits per heavy atom. The number of piperazine rings is 1. The van der Waals surface area contributed by atoms with Crippen molar-refractivity contribution in [3.8, 4) is 6.07 Å². The third-order valence-corrected chi connectivity index (χ3v) is 2.87. The summed E-state index contributed by atoms with van der Waals surface area (Å²) in [4.78, 5) is 10.6. The first kappa shape index (κ1) is 11.8. The second kappa shape index (κ2) is 4.68. The number of anilines is 1. The molecule has 1 aliphatic heterocycles. The topological polar surface area (TPSA) is 64.8 Å². The SMILES string of the molecule is Cc1ncc(C#N)c(N2CC(C)NC(C)C2)n1. The van der Waals surface area contributed by atoms with Crippen molar-refractivity contribution in [2.75, 3.05) is 18.0 Å². The maximum Gasteiger partial charge on any atom is 0.150 e. The van der Waals surface area contributed by atoms with Gasteiger partial charge in [0.1, 0.15) is 23.3 Å². The van der Waals surface area contributed by atoms with Gasteiger partial charge in [-0.2, -0.15) is 5.26 Å². The number of nitriles is 1. The van der Waals surface area contributed by atoms with Gasteiger partial charge >= 0.3 is 0 Å². The first-order valence-electron chi connectivity index (χ1n) is 5.85. The lowest BCUT2D eigenvalue weighted by molar-refractivity contribution is 0.405. The zero-order valence-electron chi connectivity index (χ0n) is 10.4. The molecule has 5 heteroatoms. The van der Waals surface area contributed by atoms with Crippen LogP contribution in [0.4, 0.5) is 5.82 Å². The van der Waals surface area contributed by atoms with Crippen LogP contribution in [0.1, 0.15) is 25.2 Å². The molecule has 1 saturated heterocycles. The molecule has 0 radical (unpaired) electrons. The van der Waals surface area contributed by atoms with Gasteiger partial charge in [0, 0.05) is 25.2 Å². The number of hydrogen-bond acceptors (Lipinski definition) is 5. The van der Waals surface area contributed by atoms with Crippen LogP contribution in [0.25, 0.3) is 0 Å². The zero-order chi connectivity index (χ0) is 12.4. The van der Waals surface area contributed by atoms with Crippen molar-refractivity contribution in [2.24, 2.45) is 0 Å². The van der Waals surface area contributed by atoms with E-state index in [1.807, 2.05) is 6.92 Å². The Bertz CT molecular complexity index is 441. The summed E-state index contributed by atoms with van der Waals surface area (Å²) in [7, 11) is 0. The number of nitrogens with zero attached hydrogens (tertiary/aromatic N) is 4. The van der Waals surface area contributed by atoms with Crippen LogP contribution < -0.4 is 10.2 Å². The minimum Gasteiger partial charge on any atom is -0.352 e. The summed E-state index contributed by atoms with van der Waals surface area (Å²) in [5.74, 6) is 1.47. The van der Waals surface area contributed by atoms with E-state index in [2.05, 4.69) is 40.1 Å². The maximum absolute atomic E-state index is 9.10. The van der Waals surface area contributed by atoms with E-state index in [-0.39, 0.29) is 0 Å². The van der Waals surface area contributed by atoms with Gasteiger partial charge in [0.2, 0.25) is 0 Å². The van der Waals surface area contributed by atoms with Crippen LogP contribution in [-0.4, -0.2) is 35.1 Å². The molecule has 1 fully saturated rings. The van der Waals surface area contributed by atoms with Gasteiger partial charge in [0.25, 0.3) is 0 Å². The molecule has 1 aromatic rings. The summed E-state index contributed by atoms with van der Waals surface area (Å²) in [6.45, 7) is 7.87. The molecule has 5 nitrogen and oxygen atoms in total. The molecule has 2 heterocycles. The Morgan fingerprint density at radius 1 is 1.41 bits per heavy atom. The molecule has 1 N–H and O–H groups in total. The number of hydrogen-bond donors (Lipinski definition) is 1. The average molecular weight is 231 g/mol. The van der Waals surface area contributed by atoms with Crippen LogP contribution in [0, 0.1) is 18.3 Å². The van der Waals surface area contributed by atoms with E-state index < -0.39 is 0 Å². The fourth-order valence-electron chi connectivity index (χ4n) is 2.28. The fraction of sp³-hybridized carbons (Fsp3) is 0.583. The molecule has 1 aromatic heterocycles. The molecule has 2 atom stereocenters. The third kappa shape index (κ3) is 2.53. The van der Waals surface area contributed by atoms with E-state index in [0.29, 0.717) is 23.5 Å². The second-order valence-corrected chi connectivity index (χ2v) is 4.64. The zero-order valence-corrected chi connectivity index (χ0v) is 10.4. The molecular weight excluding hydrogens is 214 g/mol. The smallest absolute Gasteiger partial charge is 0.150 e. The van der Waals surface area contributed by atoms with E-state index in [1.165, 1.54) is 0 Å². The predicted octanol–water partition coefficient (Wildman–Crippen LogP) is 0.843. The minimum atomic E-state index is 0.403. The molecule has 0 aliphatic carbocycles. The van der Waals surface area contributed by atoms with Gasteiger partial charge in [-0.15, -0.1) is 0 Å². The van der Waals surface area contributed by atoms with Gasteiger partial charge < -0.3 is 10.2 Å². The van der Waals surface area contributed by atoms with E-state index in [1.54, 1.807) is 6.20 Å². The molecule has 0 bridgehead atoms. The Labute approximate surface area is 101 Å². The first-order chi connectivity index (χ1) is 8.10. The van der Waals surface area contributed by atoms with Gasteiger partial charge in [0.15, 0.2) is 0 Å². The Hall–Kier alpha value is -1.67. The fourth-order valence-corrected chi connectivity index (χ4v) is 2.28. The van der Waals surface area contributed by atoms with Gasteiger partial charge in [-0.1, -0.05) is 0 Å². The van der Waals surface area contributed by atoms with Gasteiger partial charge in [-0.3, -0.25) is 0 Å². The maximum atomic E-state index is 9.10. The minimum absolute atomic E-state index is 0.403. The summed E-state index contributed by atoms with van der Waals surface area (Å²) in [5.41, 5.74) is 0.553. The number of nitrogens with one attached hydrogen (secondary N) is 1. The highest BCUT2D eigenvalue weighted by atomic mass is 15.3. The molecule has 0 amide bonds. The lowest BCUT2D eigenvalue weighted by Crippen LogP contribution is -2.54. The van der Waals surface area contributed by atoms with Crippen LogP contribution in [0.5, 0.6) is 0 Å². The highest BCUT2D eigenvalue weighted by molar-refractivity contribution is 5.53. The number of aryl methyl sites for hydroxylation is 1. The molecule has 17 heavy (non-hydrogen) atoms. The van der Waals surface area contributed by atoms with Gasteiger partial charge in [-0.05, 0) is 20.8 Å². The molecule has 0 spiro atoms. The monoisotopic (exact) mass is 231 g/mol. The van der Waals surface area contributed by atoms with Crippen molar-refractivity contribution in [3.05, 3.63) is 17.6 Å². The molecule has 2 unspecified atom stereocenters.